The molecule has 0 saturated heterocycles. The molecular formula is C14H17NO2. The Kier molecular flexibility index (Phi) is 3.18. The number of hydrogen-bond donors (Lipinski definition) is 1. The normalized spacial score (nSPS) is 12.8. The van der Waals surface area contributed by atoms with Crippen molar-refractivity contribution >= 4 is 16.9 Å². The average Bonchev–Trinajstić information content (AvgIpc) is 2.64. The summed E-state index contributed by atoms with van der Waals surface area (Å²) in [6, 6.07) is 8.22. The summed E-state index contributed by atoms with van der Waals surface area (Å²) in [6.07, 6.45) is 3.59. The van der Waals surface area contributed by atoms with Gasteiger partial charge in [0.25, 0.3) is 0 Å². The molecule has 0 amide bonds. The number of aromatic nitrogens is 1. The summed E-state index contributed by atoms with van der Waals surface area (Å²) >= 11 is 0. The lowest BCUT2D eigenvalue weighted by molar-refractivity contribution is -0.141. The van der Waals surface area contributed by atoms with E-state index < -0.39 is 5.97 Å². The van der Waals surface area contributed by atoms with Gasteiger partial charge in [-0.2, -0.15) is 0 Å². The maximum Gasteiger partial charge on any atom is 0.306 e. The highest BCUT2D eigenvalue weighted by atomic mass is 16.4. The van der Waals surface area contributed by atoms with Crippen molar-refractivity contribution in [2.24, 2.45) is 13.0 Å². The summed E-state index contributed by atoms with van der Waals surface area (Å²) in [7, 11) is 2.02. The molecule has 1 heterocycles. The van der Waals surface area contributed by atoms with Crippen molar-refractivity contribution in [1.29, 1.82) is 0 Å². The third-order valence-electron chi connectivity index (χ3n) is 3.25. The molecule has 90 valence electrons. The van der Waals surface area contributed by atoms with Gasteiger partial charge in [0.1, 0.15) is 0 Å². The maximum atomic E-state index is 10.8. The average molecular weight is 231 g/mol. The number of carbonyl (C=O) groups is 1. The second-order valence-corrected chi connectivity index (χ2v) is 4.56. The molecular weight excluding hydrogens is 214 g/mol. The lowest BCUT2D eigenvalue weighted by Crippen LogP contribution is -2.10. The zero-order chi connectivity index (χ0) is 12.4. The number of benzene rings is 1. The first-order valence-corrected chi connectivity index (χ1v) is 5.85. The van der Waals surface area contributed by atoms with Crippen LogP contribution in [0.25, 0.3) is 10.9 Å². The van der Waals surface area contributed by atoms with E-state index in [2.05, 4.69) is 22.9 Å². The Hall–Kier alpha value is -1.77. The van der Waals surface area contributed by atoms with Crippen LogP contribution in [0.15, 0.2) is 30.5 Å². The van der Waals surface area contributed by atoms with Gasteiger partial charge in [0, 0.05) is 24.1 Å². The second-order valence-electron chi connectivity index (χ2n) is 4.56. The Morgan fingerprint density at radius 1 is 1.41 bits per heavy atom. The van der Waals surface area contributed by atoms with Crippen LogP contribution in [0, 0.1) is 5.92 Å². The summed E-state index contributed by atoms with van der Waals surface area (Å²) in [4.78, 5) is 10.8. The Morgan fingerprint density at radius 3 is 2.82 bits per heavy atom. The van der Waals surface area contributed by atoms with Crippen LogP contribution >= 0.6 is 0 Å². The highest BCUT2D eigenvalue weighted by Gasteiger charge is 2.12. The van der Waals surface area contributed by atoms with Gasteiger partial charge < -0.3 is 9.67 Å². The van der Waals surface area contributed by atoms with Crippen LogP contribution in [0.3, 0.4) is 0 Å². The monoisotopic (exact) mass is 231 g/mol. The maximum absolute atomic E-state index is 10.8. The third-order valence-corrected chi connectivity index (χ3v) is 3.25. The van der Waals surface area contributed by atoms with Gasteiger partial charge in [-0.3, -0.25) is 4.79 Å². The van der Waals surface area contributed by atoms with Gasteiger partial charge >= 0.3 is 5.97 Å². The molecule has 0 aliphatic heterocycles. The fourth-order valence-corrected chi connectivity index (χ4v) is 2.12. The van der Waals surface area contributed by atoms with Crippen LogP contribution in [-0.4, -0.2) is 15.6 Å². The van der Waals surface area contributed by atoms with Crippen LogP contribution in [0.1, 0.15) is 18.9 Å². The Morgan fingerprint density at radius 2 is 2.12 bits per heavy atom. The summed E-state index contributed by atoms with van der Waals surface area (Å²) in [5.74, 6) is -1.00. The fraction of sp³-hybridized carbons (Fsp3) is 0.357. The van der Waals surface area contributed by atoms with E-state index in [9.17, 15) is 4.79 Å². The molecule has 17 heavy (non-hydrogen) atoms. The van der Waals surface area contributed by atoms with Crippen molar-refractivity contribution in [3.05, 3.63) is 36.0 Å². The molecule has 0 aliphatic carbocycles. The topological polar surface area (TPSA) is 42.2 Å². The molecule has 0 saturated carbocycles. The number of hydrogen-bond acceptors (Lipinski definition) is 1. The molecule has 2 aromatic rings. The number of carboxylic acid groups (broad SMARTS) is 1. The van der Waals surface area contributed by atoms with E-state index in [0.717, 1.165) is 6.42 Å². The van der Waals surface area contributed by atoms with Gasteiger partial charge in [-0.25, -0.2) is 0 Å². The number of fused-ring (bicyclic) bond motifs is 1. The van der Waals surface area contributed by atoms with Gasteiger partial charge in [-0.1, -0.05) is 25.1 Å². The summed E-state index contributed by atoms with van der Waals surface area (Å²) < 4.78 is 2.09. The van der Waals surface area contributed by atoms with E-state index in [4.69, 9.17) is 5.11 Å². The Bertz CT molecular complexity index is 542. The zero-order valence-electron chi connectivity index (χ0n) is 10.2. The van der Waals surface area contributed by atoms with Crippen molar-refractivity contribution in [3.63, 3.8) is 0 Å². The van der Waals surface area contributed by atoms with Crippen LogP contribution in [0.4, 0.5) is 0 Å². The number of aryl methyl sites for hydroxylation is 2. The number of para-hydroxylation sites is 1. The molecule has 1 atom stereocenters. The minimum atomic E-state index is -0.717. The SMILES string of the molecule is CC(CCc1cn(C)c2ccccc12)C(=O)O. The van der Waals surface area contributed by atoms with Crippen LogP contribution < -0.4 is 0 Å². The minimum Gasteiger partial charge on any atom is -0.481 e. The molecule has 0 radical (unpaired) electrons. The van der Waals surface area contributed by atoms with Crippen molar-refractivity contribution in [2.75, 3.05) is 0 Å². The molecule has 2 rings (SSSR count). The van der Waals surface area contributed by atoms with E-state index in [1.54, 1.807) is 6.92 Å². The molecule has 0 bridgehead atoms. The number of rotatable bonds is 4. The molecule has 1 aromatic heterocycles. The predicted molar refractivity (Wildman–Crippen MR) is 68.0 cm³/mol. The fourth-order valence-electron chi connectivity index (χ4n) is 2.12. The zero-order valence-corrected chi connectivity index (χ0v) is 10.2. The summed E-state index contributed by atoms with van der Waals surface area (Å²) in [5.41, 5.74) is 2.43. The van der Waals surface area contributed by atoms with Crippen molar-refractivity contribution < 1.29 is 9.90 Å². The predicted octanol–water partition coefficient (Wildman–Crippen LogP) is 2.83. The Labute approximate surface area is 101 Å². The van der Waals surface area contributed by atoms with E-state index in [0.29, 0.717) is 6.42 Å². The lowest BCUT2D eigenvalue weighted by atomic mass is 10.0. The van der Waals surface area contributed by atoms with Crippen molar-refractivity contribution in [1.82, 2.24) is 4.57 Å². The number of carboxylic acids is 1. The number of aliphatic carboxylic acids is 1. The van der Waals surface area contributed by atoms with Gasteiger partial charge in [-0.15, -0.1) is 0 Å². The molecule has 1 unspecified atom stereocenters. The van der Waals surface area contributed by atoms with Crippen LogP contribution in [0.5, 0.6) is 0 Å². The highest BCUT2D eigenvalue weighted by molar-refractivity contribution is 5.83. The number of nitrogens with zero attached hydrogens (tertiary/aromatic N) is 1. The summed E-state index contributed by atoms with van der Waals surface area (Å²) in [5, 5.41) is 10.1. The van der Waals surface area contributed by atoms with Crippen molar-refractivity contribution in [2.45, 2.75) is 19.8 Å². The molecule has 0 spiro atoms. The van der Waals surface area contributed by atoms with Gasteiger partial charge in [0.2, 0.25) is 0 Å². The largest absolute Gasteiger partial charge is 0.481 e. The molecule has 1 aromatic carbocycles. The molecule has 0 aliphatic rings. The van der Waals surface area contributed by atoms with E-state index in [-0.39, 0.29) is 5.92 Å². The van der Waals surface area contributed by atoms with E-state index in [1.807, 2.05) is 19.2 Å². The van der Waals surface area contributed by atoms with Crippen LogP contribution in [-0.2, 0) is 18.3 Å². The highest BCUT2D eigenvalue weighted by Crippen LogP contribution is 2.22. The Balaban J connectivity index is 2.22. The van der Waals surface area contributed by atoms with E-state index in [1.165, 1.54) is 16.5 Å². The standard InChI is InChI=1S/C14H17NO2/c1-10(14(16)17)7-8-11-9-15(2)13-6-4-3-5-12(11)13/h3-6,9-10H,7-8H2,1-2H3,(H,16,17). The van der Waals surface area contributed by atoms with Crippen LogP contribution in [0.2, 0.25) is 0 Å². The van der Waals surface area contributed by atoms with Crippen molar-refractivity contribution in [3.8, 4) is 0 Å². The summed E-state index contributed by atoms with van der Waals surface area (Å²) in [6.45, 7) is 1.76. The molecule has 3 heteroatoms. The van der Waals surface area contributed by atoms with E-state index >= 15 is 0 Å². The third kappa shape index (κ3) is 2.33. The lowest BCUT2D eigenvalue weighted by Gasteiger charge is -2.04. The first-order valence-electron chi connectivity index (χ1n) is 5.85. The quantitative estimate of drug-likeness (QED) is 0.879. The smallest absolute Gasteiger partial charge is 0.306 e. The first-order chi connectivity index (χ1) is 8.09. The molecule has 0 fully saturated rings. The second kappa shape index (κ2) is 4.62. The first kappa shape index (κ1) is 11.7. The molecule has 1 N–H and O–H groups in total. The van der Waals surface area contributed by atoms with Gasteiger partial charge in [0.05, 0.1) is 5.92 Å². The minimum absolute atomic E-state index is 0.283. The van der Waals surface area contributed by atoms with Gasteiger partial charge in [0.15, 0.2) is 0 Å². The van der Waals surface area contributed by atoms with Gasteiger partial charge in [-0.05, 0) is 24.5 Å². The molecule has 3 nitrogen and oxygen atoms in total.